The lowest BCUT2D eigenvalue weighted by molar-refractivity contribution is -0.153. The van der Waals surface area contributed by atoms with Crippen LogP contribution in [-0.4, -0.2) is 35.0 Å². The fraction of sp³-hybridized carbons (Fsp3) is 0.286. The van der Waals surface area contributed by atoms with E-state index in [1.165, 1.54) is 6.07 Å². The highest BCUT2D eigenvalue weighted by atomic mass is 19.4. The molecule has 1 heterocycles. The number of aryl methyl sites for hydroxylation is 1. The maximum Gasteiger partial charge on any atom is 0.422 e. The minimum Gasteiger partial charge on any atom is -0.484 e. The predicted octanol–water partition coefficient (Wildman–Crippen LogP) is 4.15. The van der Waals surface area contributed by atoms with Gasteiger partial charge in [0.05, 0.1) is 5.56 Å². The average molecular weight is 406 g/mol. The van der Waals surface area contributed by atoms with Crippen LogP contribution in [0.15, 0.2) is 48.7 Å². The summed E-state index contributed by atoms with van der Waals surface area (Å²) in [5.74, 6) is -0.775. The third-order valence-electron chi connectivity index (χ3n) is 4.52. The third kappa shape index (κ3) is 5.51. The van der Waals surface area contributed by atoms with Crippen LogP contribution in [0.5, 0.6) is 5.75 Å². The Morgan fingerprint density at radius 3 is 2.72 bits per heavy atom. The first-order valence-electron chi connectivity index (χ1n) is 9.03. The van der Waals surface area contributed by atoms with E-state index in [2.05, 4.69) is 5.32 Å². The summed E-state index contributed by atoms with van der Waals surface area (Å²) >= 11 is 0. The quantitative estimate of drug-likeness (QED) is 0.552. The van der Waals surface area contributed by atoms with E-state index in [0.717, 1.165) is 28.5 Å². The topological polar surface area (TPSA) is 63.5 Å². The van der Waals surface area contributed by atoms with E-state index in [1.807, 2.05) is 29.9 Å². The van der Waals surface area contributed by atoms with Crippen LogP contribution in [-0.2, 0) is 20.0 Å². The van der Waals surface area contributed by atoms with Crippen LogP contribution in [0.1, 0.15) is 21.5 Å². The van der Waals surface area contributed by atoms with Gasteiger partial charge >= 0.3 is 12.1 Å². The van der Waals surface area contributed by atoms with Gasteiger partial charge in [-0.15, -0.1) is 0 Å². The van der Waals surface area contributed by atoms with Crippen molar-refractivity contribution in [3.8, 4) is 5.75 Å². The molecule has 0 fully saturated rings. The van der Waals surface area contributed by atoms with Gasteiger partial charge in [-0.2, -0.15) is 13.2 Å². The molecule has 0 saturated heterocycles. The number of fused-ring (bicyclic) bond motifs is 1. The molecule has 0 atom stereocenters. The lowest BCUT2D eigenvalue weighted by Gasteiger charge is -2.10. The van der Waals surface area contributed by atoms with E-state index < -0.39 is 18.8 Å². The maximum atomic E-state index is 12.3. The van der Waals surface area contributed by atoms with Crippen molar-refractivity contribution in [3.05, 3.63) is 65.4 Å². The molecule has 0 aliphatic carbocycles. The number of carboxylic acids is 1. The van der Waals surface area contributed by atoms with Gasteiger partial charge in [0.25, 0.3) is 0 Å². The number of aromatic carboxylic acids is 1. The second-order valence-electron chi connectivity index (χ2n) is 6.78. The van der Waals surface area contributed by atoms with Crippen LogP contribution >= 0.6 is 0 Å². The molecular formula is C21H21F3N2O3. The first kappa shape index (κ1) is 20.7. The van der Waals surface area contributed by atoms with Crippen LogP contribution in [0.2, 0.25) is 0 Å². The summed E-state index contributed by atoms with van der Waals surface area (Å²) in [6, 6.07) is 11.6. The number of ether oxygens (including phenoxy) is 1. The molecule has 2 N–H and O–H groups in total. The number of benzene rings is 2. The fourth-order valence-corrected chi connectivity index (χ4v) is 3.17. The number of aromatic nitrogens is 1. The van der Waals surface area contributed by atoms with Crippen molar-refractivity contribution in [3.63, 3.8) is 0 Å². The van der Waals surface area contributed by atoms with Gasteiger partial charge in [0.2, 0.25) is 0 Å². The normalized spacial score (nSPS) is 11.7. The Balaban J connectivity index is 1.56. The van der Waals surface area contributed by atoms with Crippen LogP contribution in [0.3, 0.4) is 0 Å². The Labute approximate surface area is 165 Å². The molecule has 3 aromatic rings. The zero-order valence-electron chi connectivity index (χ0n) is 15.8. The third-order valence-corrected chi connectivity index (χ3v) is 4.52. The summed E-state index contributed by atoms with van der Waals surface area (Å²) in [7, 11) is 1.87. The van der Waals surface area contributed by atoms with Crippen molar-refractivity contribution >= 4 is 16.9 Å². The van der Waals surface area contributed by atoms with Gasteiger partial charge in [-0.05, 0) is 48.4 Å². The molecule has 1 aromatic heterocycles. The highest BCUT2D eigenvalue weighted by molar-refractivity contribution is 5.94. The maximum absolute atomic E-state index is 12.3. The second kappa shape index (κ2) is 8.57. The Morgan fingerprint density at radius 1 is 1.21 bits per heavy atom. The number of rotatable bonds is 8. The molecule has 3 rings (SSSR count). The number of carboxylic acid groups (broad SMARTS) is 1. The number of halogens is 3. The van der Waals surface area contributed by atoms with Gasteiger partial charge in [-0.3, -0.25) is 0 Å². The fourth-order valence-electron chi connectivity index (χ4n) is 3.17. The molecule has 5 nitrogen and oxygen atoms in total. The molecule has 0 unspecified atom stereocenters. The van der Waals surface area contributed by atoms with Crippen molar-refractivity contribution in [2.24, 2.45) is 7.05 Å². The summed E-state index contributed by atoms with van der Waals surface area (Å²) in [4.78, 5) is 11.1. The number of hydrogen-bond acceptors (Lipinski definition) is 3. The lowest BCUT2D eigenvalue weighted by Crippen LogP contribution is -2.19. The average Bonchev–Trinajstić information content (AvgIpc) is 2.99. The minimum atomic E-state index is -4.36. The highest BCUT2D eigenvalue weighted by Crippen LogP contribution is 2.23. The number of hydrogen-bond donors (Lipinski definition) is 2. The smallest absolute Gasteiger partial charge is 0.422 e. The molecule has 0 radical (unpaired) electrons. The highest BCUT2D eigenvalue weighted by Gasteiger charge is 2.28. The van der Waals surface area contributed by atoms with Crippen LogP contribution < -0.4 is 10.1 Å². The number of nitrogens with one attached hydrogen (secondary N) is 1. The molecule has 0 spiro atoms. The molecular weight excluding hydrogens is 385 g/mol. The summed E-state index contributed by atoms with van der Waals surface area (Å²) in [6.45, 7) is -0.154. The van der Waals surface area contributed by atoms with E-state index in [-0.39, 0.29) is 11.3 Å². The van der Waals surface area contributed by atoms with E-state index in [1.54, 1.807) is 24.3 Å². The largest absolute Gasteiger partial charge is 0.484 e. The monoisotopic (exact) mass is 406 g/mol. The second-order valence-corrected chi connectivity index (χ2v) is 6.78. The van der Waals surface area contributed by atoms with Crippen molar-refractivity contribution in [1.82, 2.24) is 9.88 Å². The van der Waals surface area contributed by atoms with Gasteiger partial charge in [0.15, 0.2) is 6.61 Å². The summed E-state index contributed by atoms with van der Waals surface area (Å²) in [5, 5.41) is 13.4. The Morgan fingerprint density at radius 2 is 2.00 bits per heavy atom. The van der Waals surface area contributed by atoms with Gasteiger partial charge < -0.3 is 19.7 Å². The van der Waals surface area contributed by atoms with Crippen LogP contribution in [0.4, 0.5) is 13.2 Å². The first-order chi connectivity index (χ1) is 13.7. The van der Waals surface area contributed by atoms with Crippen molar-refractivity contribution < 1.29 is 27.8 Å². The van der Waals surface area contributed by atoms with Gasteiger partial charge in [-0.1, -0.05) is 18.2 Å². The summed E-state index contributed by atoms with van der Waals surface area (Å²) in [5.41, 5.74) is 3.02. The minimum absolute atomic E-state index is 0.185. The van der Waals surface area contributed by atoms with Crippen LogP contribution in [0, 0.1) is 0 Å². The summed E-state index contributed by atoms with van der Waals surface area (Å²) in [6.07, 6.45) is -1.66. The van der Waals surface area contributed by atoms with Crippen molar-refractivity contribution in [2.75, 3.05) is 13.2 Å². The van der Waals surface area contributed by atoms with Crippen molar-refractivity contribution in [1.29, 1.82) is 0 Å². The molecule has 0 aliphatic rings. The number of nitrogens with zero attached hydrogens (tertiary/aromatic N) is 1. The summed E-state index contributed by atoms with van der Waals surface area (Å²) < 4.78 is 43.4. The molecule has 29 heavy (non-hydrogen) atoms. The van der Waals surface area contributed by atoms with E-state index in [0.29, 0.717) is 13.1 Å². The Hall–Kier alpha value is -3.00. The lowest BCUT2D eigenvalue weighted by atomic mass is 10.1. The van der Waals surface area contributed by atoms with Crippen LogP contribution in [0.25, 0.3) is 10.9 Å². The zero-order chi connectivity index (χ0) is 21.0. The van der Waals surface area contributed by atoms with E-state index >= 15 is 0 Å². The van der Waals surface area contributed by atoms with E-state index in [9.17, 15) is 18.0 Å². The number of carbonyl (C=O) groups is 1. The predicted molar refractivity (Wildman–Crippen MR) is 103 cm³/mol. The number of alkyl halides is 3. The Kier molecular flexibility index (Phi) is 6.12. The molecule has 0 amide bonds. The van der Waals surface area contributed by atoms with Gasteiger partial charge in [-0.25, -0.2) is 4.79 Å². The Bertz CT molecular complexity index is 1010. The molecule has 0 bridgehead atoms. The van der Waals surface area contributed by atoms with Gasteiger partial charge in [0, 0.05) is 30.7 Å². The van der Waals surface area contributed by atoms with Crippen molar-refractivity contribution in [2.45, 2.75) is 19.1 Å². The molecule has 2 aromatic carbocycles. The molecule has 154 valence electrons. The molecule has 0 aliphatic heterocycles. The first-order valence-corrected chi connectivity index (χ1v) is 9.03. The standard InChI is InChI=1S/C21H21F3N2O3/c1-26-12-16(18-6-5-15(20(27)28)10-19(18)26)7-8-25-11-14-3-2-4-17(9-14)29-13-21(22,23)24/h2-6,9-10,12,25H,7-8,11,13H2,1H3,(H,27,28). The molecule has 8 heteroatoms. The molecule has 0 saturated carbocycles. The SMILES string of the molecule is Cn1cc(CCNCc2cccc(OCC(F)(F)F)c2)c2ccc(C(=O)O)cc21. The zero-order valence-corrected chi connectivity index (χ0v) is 15.8. The van der Waals surface area contributed by atoms with Gasteiger partial charge in [0.1, 0.15) is 5.75 Å². The van der Waals surface area contributed by atoms with E-state index in [4.69, 9.17) is 9.84 Å².